The van der Waals surface area contributed by atoms with E-state index in [9.17, 15) is 4.39 Å². The molecule has 0 amide bonds. The van der Waals surface area contributed by atoms with Gasteiger partial charge in [0.05, 0.1) is 0 Å². The van der Waals surface area contributed by atoms with Gasteiger partial charge in [-0.2, -0.15) is 4.39 Å². The van der Waals surface area contributed by atoms with Crippen molar-refractivity contribution in [2.24, 2.45) is 0 Å². The highest BCUT2D eigenvalue weighted by Gasteiger charge is 2.41. The highest BCUT2D eigenvalue weighted by Crippen LogP contribution is 2.22. The molecular weight excluding hydrogens is 183 g/mol. The average Bonchev–Trinajstić information content (AvgIpc) is 2.48. The lowest BCUT2D eigenvalue weighted by molar-refractivity contribution is -0.170. The first-order valence-electron chi connectivity index (χ1n) is 4.60. The van der Waals surface area contributed by atoms with Gasteiger partial charge in [0.25, 0.3) is 0 Å². The summed E-state index contributed by atoms with van der Waals surface area (Å²) in [5, 5.41) is 2.67. The first-order valence-corrected chi connectivity index (χ1v) is 4.60. The Morgan fingerprint density at radius 3 is 2.71 bits per heavy atom. The summed E-state index contributed by atoms with van der Waals surface area (Å²) >= 11 is 0. The lowest BCUT2D eigenvalue weighted by Gasteiger charge is -2.27. The Kier molecular flexibility index (Phi) is 2.39. The molecule has 0 saturated carbocycles. The molecule has 1 aromatic rings. The number of alkyl halides is 1. The molecule has 3 nitrogen and oxygen atoms in total. The van der Waals surface area contributed by atoms with Crippen molar-refractivity contribution in [1.29, 1.82) is 0 Å². The van der Waals surface area contributed by atoms with Crippen LogP contribution in [0.1, 0.15) is 0 Å². The number of nitrogens with zero attached hydrogens (tertiary/aromatic N) is 1. The maximum Gasteiger partial charge on any atom is 0.375 e. The minimum absolute atomic E-state index is 0.524. The van der Waals surface area contributed by atoms with Crippen LogP contribution < -0.4 is 10.1 Å². The van der Waals surface area contributed by atoms with Crippen molar-refractivity contribution in [3.05, 3.63) is 30.3 Å². The minimum Gasteiger partial charge on any atom is -0.433 e. The van der Waals surface area contributed by atoms with Crippen LogP contribution in [0.4, 0.5) is 4.39 Å². The third-order valence-corrected chi connectivity index (χ3v) is 2.28. The van der Waals surface area contributed by atoms with E-state index in [-0.39, 0.29) is 0 Å². The van der Waals surface area contributed by atoms with Gasteiger partial charge >= 0.3 is 6.10 Å². The normalized spacial score (nSPS) is 27.9. The van der Waals surface area contributed by atoms with Crippen LogP contribution in [0.2, 0.25) is 0 Å². The fraction of sp³-hybridized carbons (Fsp3) is 0.400. The number of hydrogen-bond donors (Lipinski definition) is 1. The van der Waals surface area contributed by atoms with Crippen LogP contribution >= 0.6 is 0 Å². The second kappa shape index (κ2) is 3.55. The summed E-state index contributed by atoms with van der Waals surface area (Å²) in [5.74, 6) is 0.524. The van der Waals surface area contributed by atoms with E-state index in [4.69, 9.17) is 4.74 Å². The summed E-state index contributed by atoms with van der Waals surface area (Å²) in [5.41, 5.74) is 0. The predicted molar refractivity (Wildman–Crippen MR) is 51.5 cm³/mol. The zero-order valence-electron chi connectivity index (χ0n) is 8.03. The largest absolute Gasteiger partial charge is 0.433 e. The number of halogens is 1. The Morgan fingerprint density at radius 1 is 1.43 bits per heavy atom. The molecule has 1 atom stereocenters. The maximum atomic E-state index is 14.0. The van der Waals surface area contributed by atoms with Crippen LogP contribution in [0.25, 0.3) is 0 Å². The second-order valence-corrected chi connectivity index (χ2v) is 3.32. The predicted octanol–water partition coefficient (Wildman–Crippen LogP) is 1.18. The van der Waals surface area contributed by atoms with Crippen molar-refractivity contribution >= 4 is 0 Å². The van der Waals surface area contributed by atoms with Crippen LogP contribution in [0.5, 0.6) is 5.75 Å². The Bertz CT molecular complexity index is 306. The zero-order valence-corrected chi connectivity index (χ0v) is 8.03. The number of para-hydroxylation sites is 1. The quantitative estimate of drug-likeness (QED) is 0.719. The third-order valence-electron chi connectivity index (χ3n) is 2.28. The molecule has 76 valence electrons. The van der Waals surface area contributed by atoms with Crippen LogP contribution in [0.15, 0.2) is 30.3 Å². The van der Waals surface area contributed by atoms with Crippen molar-refractivity contribution in [1.82, 2.24) is 10.2 Å². The Hall–Kier alpha value is -1.13. The monoisotopic (exact) mass is 196 g/mol. The molecule has 0 aromatic heterocycles. The van der Waals surface area contributed by atoms with Gasteiger partial charge in [-0.1, -0.05) is 18.2 Å². The molecule has 1 heterocycles. The van der Waals surface area contributed by atoms with E-state index in [1.807, 2.05) is 18.2 Å². The zero-order chi connectivity index (χ0) is 10.0. The van der Waals surface area contributed by atoms with Gasteiger partial charge in [0, 0.05) is 13.1 Å². The molecule has 1 unspecified atom stereocenters. The molecule has 2 rings (SSSR count). The number of benzene rings is 1. The number of likely N-dealkylation sites (N-methyl/N-ethyl adjacent to an activating group) is 1. The minimum atomic E-state index is -1.86. The molecule has 0 spiro atoms. The summed E-state index contributed by atoms with van der Waals surface area (Å²) < 4.78 is 19.2. The molecule has 1 aliphatic rings. The molecule has 1 N–H and O–H groups in total. The van der Waals surface area contributed by atoms with Gasteiger partial charge in [-0.05, 0) is 19.2 Å². The van der Waals surface area contributed by atoms with E-state index >= 15 is 0 Å². The van der Waals surface area contributed by atoms with Gasteiger partial charge in [0.15, 0.2) is 0 Å². The lowest BCUT2D eigenvalue weighted by atomic mass is 10.3. The van der Waals surface area contributed by atoms with Gasteiger partial charge in [0.1, 0.15) is 5.75 Å². The van der Waals surface area contributed by atoms with Gasteiger partial charge in [-0.15, -0.1) is 0 Å². The van der Waals surface area contributed by atoms with Crippen molar-refractivity contribution in [2.45, 2.75) is 6.10 Å². The van der Waals surface area contributed by atoms with Crippen LogP contribution in [-0.4, -0.2) is 31.1 Å². The molecule has 1 fully saturated rings. The van der Waals surface area contributed by atoms with E-state index < -0.39 is 6.10 Å². The van der Waals surface area contributed by atoms with Crippen molar-refractivity contribution in [3.63, 3.8) is 0 Å². The van der Waals surface area contributed by atoms with Gasteiger partial charge in [0.2, 0.25) is 0 Å². The smallest absolute Gasteiger partial charge is 0.375 e. The highest BCUT2D eigenvalue weighted by molar-refractivity contribution is 5.21. The van der Waals surface area contributed by atoms with E-state index in [2.05, 4.69) is 5.32 Å². The first kappa shape index (κ1) is 9.43. The van der Waals surface area contributed by atoms with Gasteiger partial charge < -0.3 is 4.74 Å². The number of rotatable bonds is 2. The maximum absolute atomic E-state index is 14.0. The SMILES string of the molecule is CN1CCNC1(F)Oc1ccccc1. The summed E-state index contributed by atoms with van der Waals surface area (Å²) in [6, 6.07) is 8.95. The molecule has 0 bridgehead atoms. The van der Waals surface area contributed by atoms with E-state index in [1.54, 1.807) is 19.2 Å². The van der Waals surface area contributed by atoms with Crippen LogP contribution in [0.3, 0.4) is 0 Å². The molecule has 0 radical (unpaired) electrons. The number of nitrogens with one attached hydrogen (secondary N) is 1. The Labute approximate surface area is 82.5 Å². The molecule has 14 heavy (non-hydrogen) atoms. The van der Waals surface area contributed by atoms with Crippen molar-refractivity contribution in [2.75, 3.05) is 20.1 Å². The summed E-state index contributed by atoms with van der Waals surface area (Å²) in [6.45, 7) is 1.24. The fourth-order valence-corrected chi connectivity index (χ4v) is 1.42. The third kappa shape index (κ3) is 1.71. The molecule has 1 aromatic carbocycles. The van der Waals surface area contributed by atoms with Crippen molar-refractivity contribution in [3.8, 4) is 5.75 Å². The molecule has 4 heteroatoms. The fourth-order valence-electron chi connectivity index (χ4n) is 1.42. The molecule has 1 saturated heterocycles. The van der Waals surface area contributed by atoms with Crippen LogP contribution in [-0.2, 0) is 0 Å². The Morgan fingerprint density at radius 2 is 2.14 bits per heavy atom. The Balaban J connectivity index is 2.10. The summed E-state index contributed by atoms with van der Waals surface area (Å²) in [4.78, 5) is 1.50. The number of hydrogen-bond acceptors (Lipinski definition) is 3. The molecular formula is C10H13FN2O. The standard InChI is InChI=1S/C10H13FN2O/c1-13-8-7-12-10(13,11)14-9-5-3-2-4-6-9/h2-6,12H,7-8H2,1H3. The summed E-state index contributed by atoms with van der Waals surface area (Å²) in [7, 11) is 1.68. The molecule has 1 aliphatic heterocycles. The van der Waals surface area contributed by atoms with Crippen molar-refractivity contribution < 1.29 is 9.13 Å². The lowest BCUT2D eigenvalue weighted by Crippen LogP contribution is -2.50. The summed E-state index contributed by atoms with van der Waals surface area (Å²) in [6.07, 6.45) is -1.86. The van der Waals surface area contributed by atoms with E-state index in [1.165, 1.54) is 4.90 Å². The highest BCUT2D eigenvalue weighted by atomic mass is 19.2. The second-order valence-electron chi connectivity index (χ2n) is 3.32. The van der Waals surface area contributed by atoms with E-state index in [0.717, 1.165) is 0 Å². The van der Waals surface area contributed by atoms with Gasteiger partial charge in [-0.25, -0.2) is 10.2 Å². The topological polar surface area (TPSA) is 24.5 Å². The van der Waals surface area contributed by atoms with Gasteiger partial charge in [-0.3, -0.25) is 0 Å². The van der Waals surface area contributed by atoms with E-state index in [0.29, 0.717) is 18.8 Å². The molecule has 0 aliphatic carbocycles. The average molecular weight is 196 g/mol. The van der Waals surface area contributed by atoms with Crippen LogP contribution in [0, 0.1) is 0 Å². The first-order chi connectivity index (χ1) is 6.71. The number of ether oxygens (including phenoxy) is 1.